The van der Waals surface area contributed by atoms with Crippen molar-refractivity contribution in [1.29, 1.82) is 0 Å². The SMILES string of the molecule is CCCn1ncc(CCC(=O)O)c1Cl. The molecule has 4 nitrogen and oxygen atoms in total. The molecule has 0 bridgehead atoms. The highest BCUT2D eigenvalue weighted by molar-refractivity contribution is 6.30. The number of halogens is 1. The van der Waals surface area contributed by atoms with Crippen LogP contribution in [0.3, 0.4) is 0 Å². The summed E-state index contributed by atoms with van der Waals surface area (Å²) in [4.78, 5) is 10.3. The minimum atomic E-state index is -0.815. The topological polar surface area (TPSA) is 55.1 Å². The van der Waals surface area contributed by atoms with Crippen molar-refractivity contribution >= 4 is 17.6 Å². The summed E-state index contributed by atoms with van der Waals surface area (Å²) < 4.78 is 1.69. The number of nitrogens with zero attached hydrogens (tertiary/aromatic N) is 2. The molecule has 0 fully saturated rings. The predicted octanol–water partition coefficient (Wildman–Crippen LogP) is 1.96. The van der Waals surface area contributed by atoms with Gasteiger partial charge in [-0.15, -0.1) is 0 Å². The number of aliphatic carboxylic acids is 1. The molecule has 0 aliphatic rings. The maximum atomic E-state index is 10.3. The summed E-state index contributed by atoms with van der Waals surface area (Å²) in [6, 6.07) is 0. The summed E-state index contributed by atoms with van der Waals surface area (Å²) in [6.45, 7) is 2.81. The molecular weight excluding hydrogens is 204 g/mol. The molecule has 0 amide bonds. The van der Waals surface area contributed by atoms with Gasteiger partial charge in [0.1, 0.15) is 5.15 Å². The fourth-order valence-corrected chi connectivity index (χ4v) is 1.46. The highest BCUT2D eigenvalue weighted by atomic mass is 35.5. The van der Waals surface area contributed by atoms with Crippen LogP contribution in [0, 0.1) is 0 Å². The van der Waals surface area contributed by atoms with Gasteiger partial charge in [-0.05, 0) is 12.8 Å². The highest BCUT2D eigenvalue weighted by Gasteiger charge is 2.08. The van der Waals surface area contributed by atoms with Crippen molar-refractivity contribution in [3.8, 4) is 0 Å². The number of rotatable bonds is 5. The Morgan fingerprint density at radius 1 is 1.71 bits per heavy atom. The molecule has 1 heterocycles. The lowest BCUT2D eigenvalue weighted by Crippen LogP contribution is -2.00. The van der Waals surface area contributed by atoms with E-state index in [1.807, 2.05) is 6.92 Å². The molecule has 0 saturated carbocycles. The number of hydrogen-bond acceptors (Lipinski definition) is 2. The van der Waals surface area contributed by atoms with E-state index in [4.69, 9.17) is 16.7 Å². The minimum absolute atomic E-state index is 0.0948. The van der Waals surface area contributed by atoms with Crippen molar-refractivity contribution in [2.24, 2.45) is 0 Å². The zero-order valence-electron chi connectivity index (χ0n) is 8.03. The maximum absolute atomic E-state index is 10.3. The molecule has 0 unspecified atom stereocenters. The largest absolute Gasteiger partial charge is 0.481 e. The molecule has 0 aliphatic carbocycles. The van der Waals surface area contributed by atoms with Crippen molar-refractivity contribution in [2.45, 2.75) is 32.7 Å². The lowest BCUT2D eigenvalue weighted by Gasteiger charge is -2.00. The van der Waals surface area contributed by atoms with Crippen molar-refractivity contribution in [3.63, 3.8) is 0 Å². The van der Waals surface area contributed by atoms with Gasteiger partial charge >= 0.3 is 5.97 Å². The number of carboxylic acid groups (broad SMARTS) is 1. The van der Waals surface area contributed by atoms with Gasteiger partial charge in [-0.1, -0.05) is 18.5 Å². The molecule has 14 heavy (non-hydrogen) atoms. The van der Waals surface area contributed by atoms with Gasteiger partial charge in [0.2, 0.25) is 0 Å². The van der Waals surface area contributed by atoms with Gasteiger partial charge in [-0.3, -0.25) is 9.48 Å². The van der Waals surface area contributed by atoms with Gasteiger partial charge in [-0.25, -0.2) is 0 Å². The van der Waals surface area contributed by atoms with Gasteiger partial charge in [0.25, 0.3) is 0 Å². The van der Waals surface area contributed by atoms with Gasteiger partial charge in [0.15, 0.2) is 0 Å². The Bertz CT molecular complexity index is 323. The third-order valence-electron chi connectivity index (χ3n) is 1.89. The first-order valence-electron chi connectivity index (χ1n) is 4.57. The Kier molecular flexibility index (Phi) is 3.95. The standard InChI is InChI=1S/C9H13ClN2O2/c1-2-5-12-9(10)7(6-11-12)3-4-8(13)14/h6H,2-5H2,1H3,(H,13,14). The van der Waals surface area contributed by atoms with E-state index >= 15 is 0 Å². The first kappa shape index (κ1) is 11.0. The summed E-state index contributed by atoms with van der Waals surface area (Å²) in [5.41, 5.74) is 0.808. The minimum Gasteiger partial charge on any atom is -0.481 e. The third kappa shape index (κ3) is 2.73. The second-order valence-electron chi connectivity index (χ2n) is 3.08. The van der Waals surface area contributed by atoms with E-state index < -0.39 is 5.97 Å². The second kappa shape index (κ2) is 5.00. The summed E-state index contributed by atoms with van der Waals surface area (Å²) in [5.74, 6) is -0.815. The summed E-state index contributed by atoms with van der Waals surface area (Å²) in [7, 11) is 0. The van der Waals surface area contributed by atoms with Crippen molar-refractivity contribution in [3.05, 3.63) is 16.9 Å². The molecule has 0 radical (unpaired) electrons. The smallest absolute Gasteiger partial charge is 0.303 e. The molecule has 0 saturated heterocycles. The van der Waals surface area contributed by atoms with E-state index in [0.29, 0.717) is 11.6 Å². The fourth-order valence-electron chi connectivity index (χ4n) is 1.19. The van der Waals surface area contributed by atoms with Gasteiger partial charge < -0.3 is 5.11 Å². The number of carbonyl (C=O) groups is 1. The van der Waals surface area contributed by atoms with Crippen LogP contribution in [0.2, 0.25) is 5.15 Å². The Labute approximate surface area is 87.5 Å². The molecular formula is C9H13ClN2O2. The van der Waals surface area contributed by atoms with Crippen LogP contribution in [-0.4, -0.2) is 20.9 Å². The Morgan fingerprint density at radius 3 is 3.00 bits per heavy atom. The van der Waals surface area contributed by atoms with E-state index in [9.17, 15) is 4.79 Å². The molecule has 0 aliphatic heterocycles. The van der Waals surface area contributed by atoms with Crippen LogP contribution in [0.4, 0.5) is 0 Å². The Morgan fingerprint density at radius 2 is 2.43 bits per heavy atom. The van der Waals surface area contributed by atoms with Crippen LogP contribution in [0.1, 0.15) is 25.3 Å². The van der Waals surface area contributed by atoms with E-state index in [-0.39, 0.29) is 6.42 Å². The monoisotopic (exact) mass is 216 g/mol. The predicted molar refractivity (Wildman–Crippen MR) is 53.5 cm³/mol. The van der Waals surface area contributed by atoms with Crippen LogP contribution in [0.5, 0.6) is 0 Å². The molecule has 1 aromatic heterocycles. The molecule has 1 aromatic rings. The van der Waals surface area contributed by atoms with E-state index in [1.165, 1.54) is 0 Å². The number of hydrogen-bond donors (Lipinski definition) is 1. The highest BCUT2D eigenvalue weighted by Crippen LogP contribution is 2.17. The zero-order valence-corrected chi connectivity index (χ0v) is 8.79. The average molecular weight is 217 g/mol. The third-order valence-corrected chi connectivity index (χ3v) is 2.33. The normalized spacial score (nSPS) is 10.4. The van der Waals surface area contributed by atoms with Crippen LogP contribution in [0.25, 0.3) is 0 Å². The van der Waals surface area contributed by atoms with Gasteiger partial charge in [0.05, 0.1) is 6.20 Å². The first-order chi connectivity index (χ1) is 6.65. The van der Waals surface area contributed by atoms with Gasteiger partial charge in [0, 0.05) is 18.5 Å². The summed E-state index contributed by atoms with van der Waals surface area (Å²) in [6.07, 6.45) is 3.14. The molecule has 0 atom stereocenters. The lowest BCUT2D eigenvalue weighted by molar-refractivity contribution is -0.136. The fraction of sp³-hybridized carbons (Fsp3) is 0.556. The van der Waals surface area contributed by atoms with Gasteiger partial charge in [-0.2, -0.15) is 5.10 Å². The molecule has 78 valence electrons. The summed E-state index contributed by atoms with van der Waals surface area (Å²) >= 11 is 5.99. The first-order valence-corrected chi connectivity index (χ1v) is 4.95. The molecule has 0 aromatic carbocycles. The Balaban J connectivity index is 2.64. The van der Waals surface area contributed by atoms with Crippen LogP contribution >= 0.6 is 11.6 Å². The number of carboxylic acids is 1. The number of aryl methyl sites for hydroxylation is 2. The van der Waals surface area contributed by atoms with Crippen LogP contribution in [-0.2, 0) is 17.8 Å². The van der Waals surface area contributed by atoms with E-state index in [0.717, 1.165) is 18.5 Å². The average Bonchev–Trinajstić information content (AvgIpc) is 2.46. The van der Waals surface area contributed by atoms with Crippen molar-refractivity contribution < 1.29 is 9.90 Å². The molecule has 0 spiro atoms. The zero-order chi connectivity index (χ0) is 10.6. The Hall–Kier alpha value is -1.03. The van der Waals surface area contributed by atoms with Crippen molar-refractivity contribution in [1.82, 2.24) is 9.78 Å². The quantitative estimate of drug-likeness (QED) is 0.819. The second-order valence-corrected chi connectivity index (χ2v) is 3.44. The maximum Gasteiger partial charge on any atom is 0.303 e. The van der Waals surface area contributed by atoms with E-state index in [2.05, 4.69) is 5.10 Å². The number of aromatic nitrogens is 2. The molecule has 1 N–H and O–H groups in total. The van der Waals surface area contributed by atoms with Crippen LogP contribution < -0.4 is 0 Å². The molecule has 5 heteroatoms. The van der Waals surface area contributed by atoms with Crippen LogP contribution in [0.15, 0.2) is 6.20 Å². The summed E-state index contributed by atoms with van der Waals surface area (Å²) in [5, 5.41) is 13.1. The van der Waals surface area contributed by atoms with Crippen molar-refractivity contribution in [2.75, 3.05) is 0 Å². The lowest BCUT2D eigenvalue weighted by atomic mass is 10.2. The molecule has 1 rings (SSSR count). The van der Waals surface area contributed by atoms with E-state index in [1.54, 1.807) is 10.9 Å².